The Balaban J connectivity index is 0.000000479. The second-order valence-electron chi connectivity index (χ2n) is 9.93. The molecule has 0 amide bonds. The molecule has 33 heavy (non-hydrogen) atoms. The minimum Gasteiger partial charge on any atom is -0.493 e. The van der Waals surface area contributed by atoms with E-state index in [1.807, 2.05) is 19.9 Å². The van der Waals surface area contributed by atoms with Gasteiger partial charge in [0.25, 0.3) is 0 Å². The Labute approximate surface area is 195 Å². The molecule has 188 valence electrons. The molecule has 1 aromatic carbocycles. The van der Waals surface area contributed by atoms with E-state index >= 15 is 0 Å². The standard InChI is InChI=1S/C20H28F3NO2.C5H10O2/c1-13(2)8-14-4-5-17-16-10-18(25-3)19(26-12-20(21,22)23)9-15(16)6-7-24(17)11-14;1-4(2)3-5(6)7/h9-10,13-14,17H,4-8,11-12H2,1-3H3;4H,3H2,1-2H3,(H,6,7). The normalized spacial score (nSPS) is 20.5. The predicted molar refractivity (Wildman–Crippen MR) is 122 cm³/mol. The van der Waals surface area contributed by atoms with Crippen molar-refractivity contribution >= 4 is 5.97 Å². The van der Waals surface area contributed by atoms with Crippen LogP contribution < -0.4 is 9.47 Å². The van der Waals surface area contributed by atoms with Crippen LogP contribution in [0, 0.1) is 17.8 Å². The van der Waals surface area contributed by atoms with E-state index in [0.29, 0.717) is 17.7 Å². The maximum absolute atomic E-state index is 12.5. The molecular weight excluding hydrogens is 435 g/mol. The third kappa shape index (κ3) is 8.72. The number of nitrogens with zero attached hydrogens (tertiary/aromatic N) is 1. The van der Waals surface area contributed by atoms with Crippen molar-refractivity contribution in [1.29, 1.82) is 0 Å². The van der Waals surface area contributed by atoms with Crippen LogP contribution in [0.5, 0.6) is 11.5 Å². The van der Waals surface area contributed by atoms with E-state index in [4.69, 9.17) is 14.6 Å². The molecule has 8 heteroatoms. The summed E-state index contributed by atoms with van der Waals surface area (Å²) < 4.78 is 47.8. The maximum Gasteiger partial charge on any atom is 0.422 e. The summed E-state index contributed by atoms with van der Waals surface area (Å²) >= 11 is 0. The zero-order valence-electron chi connectivity index (χ0n) is 20.4. The van der Waals surface area contributed by atoms with Crippen molar-refractivity contribution in [3.05, 3.63) is 23.3 Å². The first-order valence-electron chi connectivity index (χ1n) is 11.8. The number of carboxylic acids is 1. The first-order valence-corrected chi connectivity index (χ1v) is 11.8. The van der Waals surface area contributed by atoms with E-state index in [9.17, 15) is 18.0 Å². The van der Waals surface area contributed by atoms with Crippen molar-refractivity contribution in [2.75, 3.05) is 26.8 Å². The van der Waals surface area contributed by atoms with Gasteiger partial charge in [-0.25, -0.2) is 0 Å². The fourth-order valence-electron chi connectivity index (χ4n) is 4.77. The Morgan fingerprint density at radius 3 is 2.36 bits per heavy atom. The quantitative estimate of drug-likeness (QED) is 0.518. The number of hydrogen-bond acceptors (Lipinski definition) is 4. The lowest BCUT2D eigenvalue weighted by Gasteiger charge is -2.44. The number of piperidine rings is 1. The number of benzene rings is 1. The fraction of sp³-hybridized carbons (Fsp3) is 0.720. The van der Waals surface area contributed by atoms with Gasteiger partial charge in [-0.3, -0.25) is 9.69 Å². The molecule has 2 aliphatic rings. The molecule has 5 nitrogen and oxygen atoms in total. The van der Waals surface area contributed by atoms with Gasteiger partial charge in [0.2, 0.25) is 0 Å². The number of aliphatic carboxylic acids is 1. The van der Waals surface area contributed by atoms with Crippen LogP contribution in [0.15, 0.2) is 12.1 Å². The molecule has 2 heterocycles. The van der Waals surface area contributed by atoms with Crippen molar-refractivity contribution < 1.29 is 32.5 Å². The van der Waals surface area contributed by atoms with Crippen LogP contribution in [0.25, 0.3) is 0 Å². The van der Waals surface area contributed by atoms with E-state index in [0.717, 1.165) is 37.4 Å². The average Bonchev–Trinajstić information content (AvgIpc) is 2.69. The van der Waals surface area contributed by atoms with Crippen molar-refractivity contribution in [3.63, 3.8) is 0 Å². The largest absolute Gasteiger partial charge is 0.493 e. The summed E-state index contributed by atoms with van der Waals surface area (Å²) in [4.78, 5) is 12.3. The highest BCUT2D eigenvalue weighted by Gasteiger charge is 2.35. The lowest BCUT2D eigenvalue weighted by atomic mass is 9.81. The van der Waals surface area contributed by atoms with Gasteiger partial charge in [-0.15, -0.1) is 0 Å². The Kier molecular flexibility index (Phi) is 9.88. The number of halogens is 3. The summed E-state index contributed by atoms with van der Waals surface area (Å²) in [7, 11) is 1.47. The van der Waals surface area contributed by atoms with Crippen molar-refractivity contribution in [2.45, 2.75) is 72.0 Å². The smallest absolute Gasteiger partial charge is 0.422 e. The van der Waals surface area contributed by atoms with Crippen LogP contribution >= 0.6 is 0 Å². The zero-order chi connectivity index (χ0) is 24.8. The lowest BCUT2D eigenvalue weighted by molar-refractivity contribution is -0.153. The van der Waals surface area contributed by atoms with Gasteiger partial charge >= 0.3 is 12.1 Å². The second kappa shape index (κ2) is 12.0. The number of methoxy groups -OCH3 is 1. The summed E-state index contributed by atoms with van der Waals surface area (Å²) in [5, 5.41) is 8.08. The first kappa shape index (κ1) is 27.3. The van der Waals surface area contributed by atoms with Crippen molar-refractivity contribution in [2.24, 2.45) is 17.8 Å². The average molecular weight is 474 g/mol. The molecule has 0 spiro atoms. The molecule has 1 saturated heterocycles. The topological polar surface area (TPSA) is 59.0 Å². The lowest BCUT2D eigenvalue weighted by Crippen LogP contribution is -2.42. The van der Waals surface area contributed by atoms with E-state index in [-0.39, 0.29) is 18.1 Å². The van der Waals surface area contributed by atoms with Crippen molar-refractivity contribution in [1.82, 2.24) is 4.90 Å². The van der Waals surface area contributed by atoms with E-state index in [1.54, 1.807) is 6.07 Å². The number of fused-ring (bicyclic) bond motifs is 3. The molecule has 1 N–H and O–H groups in total. The molecule has 0 saturated carbocycles. The van der Waals surface area contributed by atoms with Gasteiger partial charge in [0.15, 0.2) is 18.1 Å². The van der Waals surface area contributed by atoms with Crippen LogP contribution in [0.3, 0.4) is 0 Å². The third-order valence-electron chi connectivity index (χ3n) is 6.01. The van der Waals surface area contributed by atoms with E-state index < -0.39 is 18.8 Å². The maximum atomic E-state index is 12.5. The number of carboxylic acid groups (broad SMARTS) is 1. The molecule has 0 bridgehead atoms. The summed E-state index contributed by atoms with van der Waals surface area (Å²) in [5.41, 5.74) is 2.28. The molecule has 1 fully saturated rings. The van der Waals surface area contributed by atoms with Gasteiger partial charge in [0.05, 0.1) is 7.11 Å². The Hall–Kier alpha value is -1.96. The van der Waals surface area contributed by atoms with Crippen LogP contribution in [0.4, 0.5) is 13.2 Å². The Morgan fingerprint density at radius 1 is 1.15 bits per heavy atom. The van der Waals surface area contributed by atoms with Crippen LogP contribution in [0.1, 0.15) is 70.5 Å². The Morgan fingerprint density at radius 2 is 1.85 bits per heavy atom. The molecule has 0 radical (unpaired) electrons. The molecular formula is C25H38F3NO4. The molecule has 0 aromatic heterocycles. The van der Waals surface area contributed by atoms with Gasteiger partial charge in [-0.05, 0) is 66.7 Å². The number of carbonyl (C=O) groups is 1. The van der Waals surface area contributed by atoms with Crippen LogP contribution in [0.2, 0.25) is 0 Å². The SMILES string of the molecule is CC(C)CC(=O)O.COc1cc2c(cc1OCC(F)(F)F)CCN1CC(CC(C)C)CCC21. The highest BCUT2D eigenvalue weighted by atomic mass is 19.4. The molecule has 1 aromatic rings. The number of hydrogen-bond donors (Lipinski definition) is 1. The van der Waals surface area contributed by atoms with Crippen LogP contribution in [-0.4, -0.2) is 49.0 Å². The van der Waals surface area contributed by atoms with Gasteiger partial charge in [0, 0.05) is 25.6 Å². The highest BCUT2D eigenvalue weighted by molar-refractivity contribution is 5.66. The minimum absolute atomic E-state index is 0.186. The van der Waals surface area contributed by atoms with Gasteiger partial charge in [-0.2, -0.15) is 13.2 Å². The Bertz CT molecular complexity index is 780. The molecule has 2 unspecified atom stereocenters. The summed E-state index contributed by atoms with van der Waals surface area (Å²) in [5.74, 6) is 1.59. The zero-order valence-corrected chi connectivity index (χ0v) is 20.4. The second-order valence-corrected chi connectivity index (χ2v) is 9.93. The van der Waals surface area contributed by atoms with Gasteiger partial charge in [-0.1, -0.05) is 27.7 Å². The highest BCUT2D eigenvalue weighted by Crippen LogP contribution is 2.43. The van der Waals surface area contributed by atoms with E-state index in [2.05, 4.69) is 18.7 Å². The number of alkyl halides is 3. The third-order valence-corrected chi connectivity index (χ3v) is 6.01. The number of ether oxygens (including phenoxy) is 2. The molecule has 0 aliphatic carbocycles. The number of rotatable bonds is 7. The first-order chi connectivity index (χ1) is 15.4. The van der Waals surface area contributed by atoms with Crippen LogP contribution in [-0.2, 0) is 11.2 Å². The van der Waals surface area contributed by atoms with Crippen molar-refractivity contribution in [3.8, 4) is 11.5 Å². The summed E-state index contributed by atoms with van der Waals surface area (Å²) in [6, 6.07) is 3.98. The van der Waals surface area contributed by atoms with Gasteiger partial charge in [0.1, 0.15) is 0 Å². The molecule has 2 aliphatic heterocycles. The monoisotopic (exact) mass is 473 g/mol. The molecule has 3 rings (SSSR count). The predicted octanol–water partition coefficient (Wildman–Crippen LogP) is 6.11. The summed E-state index contributed by atoms with van der Waals surface area (Å²) in [6.07, 6.45) is 0.312. The van der Waals surface area contributed by atoms with E-state index in [1.165, 1.54) is 25.5 Å². The van der Waals surface area contributed by atoms with Gasteiger partial charge < -0.3 is 14.6 Å². The summed E-state index contributed by atoms with van der Waals surface area (Å²) in [6.45, 7) is 9.07. The molecule has 2 atom stereocenters. The minimum atomic E-state index is -4.35. The fourth-order valence-corrected chi connectivity index (χ4v) is 4.77.